The lowest BCUT2D eigenvalue weighted by atomic mass is 10.3. The van der Waals surface area contributed by atoms with Gasteiger partial charge in [-0.2, -0.15) is 18.3 Å². The number of fused-ring (bicyclic) bond motifs is 1. The zero-order chi connectivity index (χ0) is 13.9. The molecule has 2 heterocycles. The molecular weight excluding hydrogens is 261 g/mol. The maximum absolute atomic E-state index is 12.6. The van der Waals surface area contributed by atoms with Crippen molar-refractivity contribution in [2.75, 3.05) is 25.1 Å². The van der Waals surface area contributed by atoms with Crippen LogP contribution in [-0.4, -0.2) is 34.4 Å². The lowest BCUT2D eigenvalue weighted by molar-refractivity contribution is -0.141. The Labute approximate surface area is 107 Å². The zero-order valence-corrected chi connectivity index (χ0v) is 10.2. The van der Waals surface area contributed by atoms with Crippen LogP contribution in [0.2, 0.25) is 0 Å². The quantitative estimate of drug-likeness (QED) is 0.849. The van der Waals surface area contributed by atoms with Crippen LogP contribution in [0.1, 0.15) is 12.6 Å². The number of rotatable bonds is 5. The summed E-state index contributed by atoms with van der Waals surface area (Å²) in [4.78, 5) is 4.01. The third kappa shape index (κ3) is 3.14. The van der Waals surface area contributed by atoms with E-state index in [0.29, 0.717) is 25.6 Å². The van der Waals surface area contributed by atoms with E-state index in [1.165, 1.54) is 12.4 Å². The van der Waals surface area contributed by atoms with Gasteiger partial charge < -0.3 is 10.1 Å². The molecule has 104 valence electrons. The first kappa shape index (κ1) is 13.6. The molecule has 2 aromatic rings. The highest BCUT2D eigenvalue weighted by atomic mass is 19.4. The average molecular weight is 274 g/mol. The van der Waals surface area contributed by atoms with E-state index >= 15 is 0 Å². The number of halogens is 3. The molecule has 0 unspecified atom stereocenters. The van der Waals surface area contributed by atoms with Gasteiger partial charge >= 0.3 is 6.18 Å². The van der Waals surface area contributed by atoms with Crippen molar-refractivity contribution in [3.8, 4) is 0 Å². The molecule has 0 saturated heterocycles. The van der Waals surface area contributed by atoms with Gasteiger partial charge in [0.1, 0.15) is 5.52 Å². The fourth-order valence-electron chi connectivity index (χ4n) is 1.58. The number of nitrogens with one attached hydrogen (secondary N) is 1. The topological polar surface area (TPSA) is 51.5 Å². The highest BCUT2D eigenvalue weighted by Gasteiger charge is 2.34. The molecule has 0 spiro atoms. The number of ether oxygens (including phenoxy) is 1. The number of hydrogen-bond donors (Lipinski definition) is 1. The Bertz CT molecular complexity index is 552. The molecule has 0 aliphatic heterocycles. The summed E-state index contributed by atoms with van der Waals surface area (Å²) in [5.74, 6) is 0.352. The maximum Gasteiger partial charge on any atom is 0.435 e. The normalized spacial score (nSPS) is 12.0. The van der Waals surface area contributed by atoms with Crippen molar-refractivity contribution >= 4 is 11.3 Å². The van der Waals surface area contributed by atoms with Crippen LogP contribution in [-0.2, 0) is 10.9 Å². The Hall–Kier alpha value is -1.83. The number of alkyl halides is 3. The third-order valence-corrected chi connectivity index (χ3v) is 2.42. The molecule has 0 aliphatic carbocycles. The van der Waals surface area contributed by atoms with Crippen LogP contribution < -0.4 is 5.32 Å². The van der Waals surface area contributed by atoms with Crippen LogP contribution in [0.3, 0.4) is 0 Å². The standard InChI is InChI=1S/C11H13F3N4O/c1-2-19-6-4-16-10-8-7-9(11(12,13)14)17-18(8)5-3-15-10/h3,5,7H,2,4,6H2,1H3,(H,15,16). The summed E-state index contributed by atoms with van der Waals surface area (Å²) in [6.45, 7) is 3.38. The molecule has 2 aromatic heterocycles. The van der Waals surface area contributed by atoms with Gasteiger partial charge in [0.2, 0.25) is 0 Å². The summed E-state index contributed by atoms with van der Waals surface area (Å²) >= 11 is 0. The van der Waals surface area contributed by atoms with Crippen molar-refractivity contribution in [1.29, 1.82) is 0 Å². The molecule has 2 rings (SSSR count). The van der Waals surface area contributed by atoms with Gasteiger partial charge in [-0.1, -0.05) is 0 Å². The number of anilines is 1. The minimum Gasteiger partial charge on any atom is -0.380 e. The SMILES string of the molecule is CCOCCNc1nccn2nc(C(F)(F)F)cc12. The Morgan fingerprint density at radius 1 is 1.42 bits per heavy atom. The van der Waals surface area contributed by atoms with Gasteiger partial charge in [0, 0.05) is 31.6 Å². The van der Waals surface area contributed by atoms with E-state index in [0.717, 1.165) is 10.6 Å². The second-order valence-corrected chi connectivity index (χ2v) is 3.76. The predicted molar refractivity (Wildman–Crippen MR) is 63.0 cm³/mol. The molecule has 1 N–H and O–H groups in total. The summed E-state index contributed by atoms with van der Waals surface area (Å²) in [6.07, 6.45) is -1.70. The molecule has 0 atom stereocenters. The van der Waals surface area contributed by atoms with E-state index in [9.17, 15) is 13.2 Å². The second-order valence-electron chi connectivity index (χ2n) is 3.76. The lowest BCUT2D eigenvalue weighted by Gasteiger charge is -2.06. The fourth-order valence-corrected chi connectivity index (χ4v) is 1.58. The molecule has 0 aliphatic rings. The molecule has 0 aromatic carbocycles. The molecule has 5 nitrogen and oxygen atoms in total. The Balaban J connectivity index is 2.22. The monoisotopic (exact) mass is 274 g/mol. The smallest absolute Gasteiger partial charge is 0.380 e. The van der Waals surface area contributed by atoms with Crippen molar-refractivity contribution in [2.24, 2.45) is 0 Å². The highest BCUT2D eigenvalue weighted by Crippen LogP contribution is 2.29. The molecule has 8 heteroatoms. The Morgan fingerprint density at radius 3 is 2.89 bits per heavy atom. The predicted octanol–water partition coefficient (Wildman–Crippen LogP) is 2.20. The van der Waals surface area contributed by atoms with E-state index in [2.05, 4.69) is 15.4 Å². The van der Waals surface area contributed by atoms with E-state index < -0.39 is 11.9 Å². The summed E-state index contributed by atoms with van der Waals surface area (Å²) in [5.41, 5.74) is -0.653. The van der Waals surface area contributed by atoms with E-state index in [1.807, 2.05) is 6.92 Å². The first-order valence-electron chi connectivity index (χ1n) is 5.75. The third-order valence-electron chi connectivity index (χ3n) is 2.42. The van der Waals surface area contributed by atoms with Gasteiger partial charge in [0.15, 0.2) is 11.5 Å². The molecule has 0 bridgehead atoms. The van der Waals surface area contributed by atoms with E-state index in [1.54, 1.807) is 0 Å². The molecule has 19 heavy (non-hydrogen) atoms. The summed E-state index contributed by atoms with van der Waals surface area (Å²) in [6, 6.07) is 0.968. The summed E-state index contributed by atoms with van der Waals surface area (Å²) in [7, 11) is 0. The van der Waals surface area contributed by atoms with Crippen LogP contribution in [0.15, 0.2) is 18.5 Å². The first-order valence-corrected chi connectivity index (χ1v) is 5.75. The number of hydrogen-bond acceptors (Lipinski definition) is 4. The maximum atomic E-state index is 12.6. The van der Waals surface area contributed by atoms with Crippen LogP contribution in [0, 0.1) is 0 Å². The zero-order valence-electron chi connectivity index (χ0n) is 10.2. The highest BCUT2D eigenvalue weighted by molar-refractivity contribution is 5.67. The second kappa shape index (κ2) is 5.43. The van der Waals surface area contributed by atoms with E-state index in [-0.39, 0.29) is 5.52 Å². The van der Waals surface area contributed by atoms with Crippen molar-refractivity contribution in [2.45, 2.75) is 13.1 Å². The van der Waals surface area contributed by atoms with Crippen molar-refractivity contribution in [3.63, 3.8) is 0 Å². The number of aromatic nitrogens is 3. The minimum atomic E-state index is -4.46. The van der Waals surface area contributed by atoms with Gasteiger partial charge in [-0.05, 0) is 6.92 Å². The minimum absolute atomic E-state index is 0.284. The molecule has 0 saturated carbocycles. The fraction of sp³-hybridized carbons (Fsp3) is 0.455. The van der Waals surface area contributed by atoms with Crippen LogP contribution >= 0.6 is 0 Å². The summed E-state index contributed by atoms with van der Waals surface area (Å²) in [5, 5.41) is 6.39. The van der Waals surface area contributed by atoms with E-state index in [4.69, 9.17) is 4.74 Å². The van der Waals surface area contributed by atoms with Gasteiger partial charge in [0.25, 0.3) is 0 Å². The van der Waals surface area contributed by atoms with Gasteiger partial charge in [0.05, 0.1) is 6.61 Å². The Morgan fingerprint density at radius 2 is 2.21 bits per heavy atom. The van der Waals surface area contributed by atoms with Gasteiger partial charge in [-0.3, -0.25) is 0 Å². The molecule has 0 fully saturated rings. The largest absolute Gasteiger partial charge is 0.435 e. The van der Waals surface area contributed by atoms with Crippen LogP contribution in [0.25, 0.3) is 5.52 Å². The van der Waals surface area contributed by atoms with Crippen molar-refractivity contribution in [3.05, 3.63) is 24.2 Å². The van der Waals surface area contributed by atoms with Gasteiger partial charge in [-0.15, -0.1) is 0 Å². The van der Waals surface area contributed by atoms with Gasteiger partial charge in [-0.25, -0.2) is 9.50 Å². The lowest BCUT2D eigenvalue weighted by Crippen LogP contribution is -2.11. The first-order chi connectivity index (χ1) is 9.02. The Kier molecular flexibility index (Phi) is 3.89. The molecule has 0 amide bonds. The van der Waals surface area contributed by atoms with Crippen molar-refractivity contribution < 1.29 is 17.9 Å². The molecular formula is C11H13F3N4O. The van der Waals surface area contributed by atoms with Crippen molar-refractivity contribution in [1.82, 2.24) is 14.6 Å². The average Bonchev–Trinajstić information content (AvgIpc) is 2.79. The number of nitrogens with zero attached hydrogens (tertiary/aromatic N) is 3. The van der Waals surface area contributed by atoms with Crippen LogP contribution in [0.5, 0.6) is 0 Å². The molecule has 0 radical (unpaired) electrons. The summed E-state index contributed by atoms with van der Waals surface area (Å²) < 4.78 is 44.0. The van der Waals surface area contributed by atoms with Crippen LogP contribution in [0.4, 0.5) is 19.0 Å².